The fourth-order valence-electron chi connectivity index (χ4n) is 1.73. The van der Waals surface area contributed by atoms with E-state index in [0.717, 1.165) is 11.1 Å². The van der Waals surface area contributed by atoms with Crippen molar-refractivity contribution in [3.05, 3.63) is 70.8 Å². The third kappa shape index (κ3) is 6.30. The largest absolute Gasteiger partial charge is 0.478 e. The van der Waals surface area contributed by atoms with Gasteiger partial charge in [0.15, 0.2) is 0 Å². The summed E-state index contributed by atoms with van der Waals surface area (Å²) in [6.07, 6.45) is 0. The molecule has 0 saturated carbocycles. The number of amides is 1. The first-order valence-corrected chi connectivity index (χ1v) is 7.84. The Labute approximate surface area is 145 Å². The van der Waals surface area contributed by atoms with Crippen molar-refractivity contribution in [2.24, 2.45) is 0 Å². The number of carboxylic acid groups (broad SMARTS) is 1. The minimum atomic E-state index is -0.919. The Morgan fingerprint density at radius 2 is 1.43 bits per heavy atom. The lowest BCUT2D eigenvalue weighted by molar-refractivity contribution is 0.0696. The molecule has 0 bridgehead atoms. The normalized spacial score (nSPS) is 9.52. The number of hydrogen-bond acceptors (Lipinski definition) is 2. The quantitative estimate of drug-likeness (QED) is 0.818. The monoisotopic (exact) mass is 353 g/mol. The van der Waals surface area contributed by atoms with E-state index in [1.165, 1.54) is 0 Å². The maximum atomic E-state index is 11.1. The molecule has 122 valence electrons. The Hall–Kier alpha value is -2.04. The second kappa shape index (κ2) is 9.87. The predicted molar refractivity (Wildman–Crippen MR) is 92.3 cm³/mol. The van der Waals surface area contributed by atoms with Gasteiger partial charge < -0.3 is 10.4 Å². The van der Waals surface area contributed by atoms with E-state index in [4.69, 9.17) is 28.3 Å². The van der Waals surface area contributed by atoms with Crippen LogP contribution in [0.4, 0.5) is 0 Å². The highest BCUT2D eigenvalue weighted by atomic mass is 35.5. The highest BCUT2D eigenvalue weighted by Gasteiger charge is 2.02. The molecule has 0 atom stereocenters. The number of rotatable bonds is 4. The van der Waals surface area contributed by atoms with E-state index in [2.05, 4.69) is 5.32 Å². The fraction of sp³-hybridized carbons (Fsp3) is 0.176. The number of halogens is 2. The molecule has 6 heteroatoms. The highest BCUT2D eigenvalue weighted by Crippen LogP contribution is 2.08. The van der Waals surface area contributed by atoms with Crippen LogP contribution < -0.4 is 5.32 Å². The summed E-state index contributed by atoms with van der Waals surface area (Å²) in [5, 5.41) is 11.1. The molecular weight excluding hydrogens is 337 g/mol. The molecule has 23 heavy (non-hydrogen) atoms. The molecule has 0 fully saturated rings. The lowest BCUT2D eigenvalue weighted by Gasteiger charge is -2.00. The van der Waals surface area contributed by atoms with Crippen LogP contribution >= 0.6 is 23.2 Å². The van der Waals surface area contributed by atoms with Gasteiger partial charge >= 0.3 is 5.97 Å². The number of benzene rings is 2. The molecule has 1 amide bonds. The molecule has 0 aliphatic rings. The van der Waals surface area contributed by atoms with Crippen LogP contribution in [0, 0.1) is 0 Å². The second-order valence-corrected chi connectivity index (χ2v) is 5.09. The second-order valence-electron chi connectivity index (χ2n) is 4.55. The van der Waals surface area contributed by atoms with Crippen LogP contribution in [-0.4, -0.2) is 24.0 Å². The third-order valence-electron chi connectivity index (χ3n) is 2.90. The summed E-state index contributed by atoms with van der Waals surface area (Å²) in [5.41, 5.74) is 2.71. The van der Waals surface area contributed by atoms with E-state index < -0.39 is 5.97 Å². The van der Waals surface area contributed by atoms with Crippen LogP contribution in [0.3, 0.4) is 0 Å². The van der Waals surface area contributed by atoms with E-state index >= 15 is 0 Å². The van der Waals surface area contributed by atoms with Gasteiger partial charge in [0.25, 0.3) is 5.91 Å². The molecule has 4 nitrogen and oxygen atoms in total. The summed E-state index contributed by atoms with van der Waals surface area (Å²) in [4.78, 5) is 21.6. The standard InChI is InChI=1S/C9H10ClNO.C8H7ClO2/c1-11-9(12)8-4-2-3-7(5-8)6-10;9-5-6-2-1-3-7(4-6)8(10)11/h2-5H,6H2,1H3,(H,11,12);1-4H,5H2,(H,10,11). The zero-order chi connectivity index (χ0) is 17.2. The topological polar surface area (TPSA) is 66.4 Å². The molecule has 0 heterocycles. The molecule has 0 unspecified atom stereocenters. The van der Waals surface area contributed by atoms with Gasteiger partial charge in [-0.3, -0.25) is 4.79 Å². The number of carbonyl (C=O) groups is 2. The summed E-state index contributed by atoms with van der Waals surface area (Å²) < 4.78 is 0. The fourth-order valence-corrected chi connectivity index (χ4v) is 2.06. The number of aromatic carboxylic acids is 1. The van der Waals surface area contributed by atoms with E-state index in [9.17, 15) is 9.59 Å². The Balaban J connectivity index is 0.000000231. The van der Waals surface area contributed by atoms with Crippen LogP contribution in [-0.2, 0) is 11.8 Å². The van der Waals surface area contributed by atoms with Crippen LogP contribution in [0.25, 0.3) is 0 Å². The molecule has 0 saturated heterocycles. The zero-order valence-corrected chi connectivity index (χ0v) is 14.1. The van der Waals surface area contributed by atoms with Crippen molar-refractivity contribution < 1.29 is 14.7 Å². The molecule has 2 rings (SSSR count). The summed E-state index contributed by atoms with van der Waals surface area (Å²) in [5.74, 6) is -0.217. The van der Waals surface area contributed by atoms with Crippen molar-refractivity contribution in [1.29, 1.82) is 0 Å². The maximum absolute atomic E-state index is 11.1. The van der Waals surface area contributed by atoms with Gasteiger partial charge in [-0.1, -0.05) is 24.3 Å². The molecule has 2 aromatic carbocycles. The SMILES string of the molecule is CNC(=O)c1cccc(CCl)c1.O=C(O)c1cccc(CCl)c1. The van der Waals surface area contributed by atoms with Crippen LogP contribution in [0.1, 0.15) is 31.8 Å². The van der Waals surface area contributed by atoms with Crippen molar-refractivity contribution >= 4 is 35.1 Å². The lowest BCUT2D eigenvalue weighted by Crippen LogP contribution is -2.17. The van der Waals surface area contributed by atoms with Crippen LogP contribution in [0.2, 0.25) is 0 Å². The number of carbonyl (C=O) groups excluding carboxylic acids is 1. The zero-order valence-electron chi connectivity index (χ0n) is 12.6. The summed E-state index contributed by atoms with van der Waals surface area (Å²) in [6.45, 7) is 0. The van der Waals surface area contributed by atoms with Gasteiger partial charge in [-0.15, -0.1) is 23.2 Å². The van der Waals surface area contributed by atoms with Crippen LogP contribution in [0.15, 0.2) is 48.5 Å². The van der Waals surface area contributed by atoms with E-state index in [1.54, 1.807) is 43.4 Å². The lowest BCUT2D eigenvalue weighted by atomic mass is 10.1. The molecule has 2 N–H and O–H groups in total. The Morgan fingerprint density at radius 3 is 1.87 bits per heavy atom. The maximum Gasteiger partial charge on any atom is 0.335 e. The minimum absolute atomic E-state index is 0.0815. The Bertz CT molecular complexity index is 674. The molecule has 0 aliphatic heterocycles. The Morgan fingerprint density at radius 1 is 0.957 bits per heavy atom. The first-order chi connectivity index (χ1) is 11.0. The van der Waals surface area contributed by atoms with Gasteiger partial charge in [0, 0.05) is 24.4 Å². The summed E-state index contributed by atoms with van der Waals surface area (Å²) in [7, 11) is 1.61. The molecule has 0 spiro atoms. The smallest absolute Gasteiger partial charge is 0.335 e. The van der Waals surface area contributed by atoms with Gasteiger partial charge in [0.2, 0.25) is 0 Å². The first-order valence-electron chi connectivity index (χ1n) is 6.77. The molecule has 0 aromatic heterocycles. The number of carboxylic acids is 1. The van der Waals surface area contributed by atoms with Crippen molar-refractivity contribution in [2.75, 3.05) is 7.05 Å². The molecule has 2 aromatic rings. The molecule has 0 radical (unpaired) electrons. The third-order valence-corrected chi connectivity index (χ3v) is 3.52. The minimum Gasteiger partial charge on any atom is -0.478 e. The average Bonchev–Trinajstić information content (AvgIpc) is 2.61. The average molecular weight is 354 g/mol. The molecule has 0 aliphatic carbocycles. The highest BCUT2D eigenvalue weighted by molar-refractivity contribution is 6.17. The van der Waals surface area contributed by atoms with Crippen molar-refractivity contribution in [2.45, 2.75) is 11.8 Å². The van der Waals surface area contributed by atoms with Gasteiger partial charge in [0.1, 0.15) is 0 Å². The molecular formula is C17H17Cl2NO3. The van der Waals surface area contributed by atoms with Gasteiger partial charge in [-0.05, 0) is 35.4 Å². The van der Waals surface area contributed by atoms with Crippen molar-refractivity contribution in [3.8, 4) is 0 Å². The van der Waals surface area contributed by atoms with Crippen molar-refractivity contribution in [1.82, 2.24) is 5.32 Å². The Kier molecular flexibility index (Phi) is 8.16. The van der Waals surface area contributed by atoms with E-state index in [1.807, 2.05) is 12.1 Å². The van der Waals surface area contributed by atoms with Crippen molar-refractivity contribution in [3.63, 3.8) is 0 Å². The number of hydrogen-bond donors (Lipinski definition) is 2. The first kappa shape index (κ1) is 19.0. The number of nitrogens with one attached hydrogen (secondary N) is 1. The van der Waals surface area contributed by atoms with Gasteiger partial charge in [-0.2, -0.15) is 0 Å². The van der Waals surface area contributed by atoms with Gasteiger partial charge in [0.05, 0.1) is 5.56 Å². The number of alkyl halides is 2. The van der Waals surface area contributed by atoms with E-state index in [0.29, 0.717) is 17.3 Å². The van der Waals surface area contributed by atoms with E-state index in [-0.39, 0.29) is 11.5 Å². The summed E-state index contributed by atoms with van der Waals surface area (Å²) in [6, 6.07) is 13.8. The van der Waals surface area contributed by atoms with Gasteiger partial charge in [-0.25, -0.2) is 4.79 Å². The predicted octanol–water partition coefficient (Wildman–Crippen LogP) is 3.91. The summed E-state index contributed by atoms with van der Waals surface area (Å²) >= 11 is 11.1. The van der Waals surface area contributed by atoms with Crippen LogP contribution in [0.5, 0.6) is 0 Å².